The van der Waals surface area contributed by atoms with Gasteiger partial charge in [-0.25, -0.2) is 4.79 Å². The number of aryl methyl sites for hydroxylation is 1. The number of benzene rings is 1. The van der Waals surface area contributed by atoms with E-state index in [1.165, 1.54) is 10.9 Å². The highest BCUT2D eigenvalue weighted by atomic mass is 16.3. The highest BCUT2D eigenvalue weighted by molar-refractivity contribution is 5.83. The maximum atomic E-state index is 11.7. The monoisotopic (exact) mass is 301 g/mol. The van der Waals surface area contributed by atoms with E-state index in [0.717, 1.165) is 37.6 Å². The molecule has 5 heteroatoms. The zero-order valence-electron chi connectivity index (χ0n) is 12.7. The van der Waals surface area contributed by atoms with Crippen LogP contribution in [0.1, 0.15) is 31.2 Å². The minimum absolute atomic E-state index is 0.195. The third kappa shape index (κ3) is 3.42. The van der Waals surface area contributed by atoms with Crippen LogP contribution in [0.2, 0.25) is 0 Å². The van der Waals surface area contributed by atoms with Crippen LogP contribution >= 0.6 is 0 Å². The number of carbonyl (C=O) groups excluding carboxylic acids is 1. The van der Waals surface area contributed by atoms with E-state index < -0.39 is 5.60 Å². The van der Waals surface area contributed by atoms with Gasteiger partial charge in [0.15, 0.2) is 0 Å². The van der Waals surface area contributed by atoms with E-state index in [1.54, 1.807) is 0 Å². The fourth-order valence-corrected chi connectivity index (χ4v) is 2.89. The van der Waals surface area contributed by atoms with Crippen LogP contribution in [-0.4, -0.2) is 34.8 Å². The maximum Gasteiger partial charge on any atom is 0.314 e. The number of fused-ring (bicyclic) bond motifs is 1. The summed E-state index contributed by atoms with van der Waals surface area (Å²) in [6.07, 6.45) is 6.47. The van der Waals surface area contributed by atoms with Crippen LogP contribution < -0.4 is 10.6 Å². The molecule has 22 heavy (non-hydrogen) atoms. The van der Waals surface area contributed by atoms with E-state index >= 15 is 0 Å². The molecule has 1 aromatic heterocycles. The van der Waals surface area contributed by atoms with Gasteiger partial charge in [-0.3, -0.25) is 0 Å². The molecule has 1 aromatic carbocycles. The van der Waals surface area contributed by atoms with Crippen LogP contribution in [0.4, 0.5) is 4.79 Å². The Labute approximate surface area is 130 Å². The first-order valence-corrected chi connectivity index (χ1v) is 7.95. The lowest BCUT2D eigenvalue weighted by molar-refractivity contribution is -0.0290. The molecule has 118 valence electrons. The van der Waals surface area contributed by atoms with Crippen LogP contribution in [0.3, 0.4) is 0 Å². The number of nitrogens with one attached hydrogen (secondary N) is 3. The van der Waals surface area contributed by atoms with E-state index in [9.17, 15) is 9.90 Å². The summed E-state index contributed by atoms with van der Waals surface area (Å²) in [5.74, 6) is 0. The normalized spacial score (nSPS) is 16.2. The smallest absolute Gasteiger partial charge is 0.314 e. The van der Waals surface area contributed by atoms with Crippen LogP contribution in [0.5, 0.6) is 0 Å². The minimum Gasteiger partial charge on any atom is -0.388 e. The summed E-state index contributed by atoms with van der Waals surface area (Å²) < 4.78 is 0. The Morgan fingerprint density at radius 1 is 1.27 bits per heavy atom. The molecule has 1 saturated carbocycles. The second-order valence-electron chi connectivity index (χ2n) is 6.15. The fraction of sp³-hybridized carbons (Fsp3) is 0.471. The summed E-state index contributed by atoms with van der Waals surface area (Å²) in [5, 5.41) is 16.7. The van der Waals surface area contributed by atoms with Gasteiger partial charge in [0.25, 0.3) is 0 Å². The van der Waals surface area contributed by atoms with Crippen molar-refractivity contribution in [3.8, 4) is 0 Å². The van der Waals surface area contributed by atoms with Crippen molar-refractivity contribution in [1.29, 1.82) is 0 Å². The minimum atomic E-state index is -0.665. The van der Waals surface area contributed by atoms with Gasteiger partial charge in [0.1, 0.15) is 0 Å². The average molecular weight is 301 g/mol. The number of para-hydroxylation sites is 1. The maximum absolute atomic E-state index is 11.7. The lowest BCUT2D eigenvalue weighted by Crippen LogP contribution is -2.50. The largest absolute Gasteiger partial charge is 0.388 e. The molecule has 2 aromatic rings. The van der Waals surface area contributed by atoms with E-state index in [4.69, 9.17) is 0 Å². The standard InChI is InChI=1S/C17H23N3O2/c21-16(20-12-17(22)8-4-9-17)18-10-3-5-13-11-19-15-7-2-1-6-14(13)15/h1-2,6-7,11,19,22H,3-5,8-10,12H2,(H2,18,20,21). The van der Waals surface area contributed by atoms with Crippen molar-refractivity contribution in [2.24, 2.45) is 0 Å². The quantitative estimate of drug-likeness (QED) is 0.618. The first-order chi connectivity index (χ1) is 10.7. The number of rotatable bonds is 6. The average Bonchev–Trinajstić information content (AvgIpc) is 2.91. The summed E-state index contributed by atoms with van der Waals surface area (Å²) >= 11 is 0. The van der Waals surface area contributed by atoms with Crippen molar-refractivity contribution in [1.82, 2.24) is 15.6 Å². The molecule has 0 aliphatic heterocycles. The number of urea groups is 1. The molecule has 4 N–H and O–H groups in total. The van der Waals surface area contributed by atoms with Gasteiger partial charge in [-0.15, -0.1) is 0 Å². The Morgan fingerprint density at radius 2 is 2.09 bits per heavy atom. The number of carbonyl (C=O) groups is 1. The summed E-state index contributed by atoms with van der Waals surface area (Å²) in [6.45, 7) is 0.977. The molecule has 0 atom stereocenters. The second-order valence-corrected chi connectivity index (χ2v) is 6.15. The first-order valence-electron chi connectivity index (χ1n) is 7.95. The number of hydrogen-bond acceptors (Lipinski definition) is 2. The molecule has 5 nitrogen and oxygen atoms in total. The highest BCUT2D eigenvalue weighted by Crippen LogP contribution is 2.30. The van der Waals surface area contributed by atoms with Gasteiger partial charge >= 0.3 is 6.03 Å². The Morgan fingerprint density at radius 3 is 2.86 bits per heavy atom. The molecule has 0 unspecified atom stereocenters. The number of hydrogen-bond donors (Lipinski definition) is 4. The summed E-state index contributed by atoms with van der Waals surface area (Å²) in [5.41, 5.74) is 1.76. The molecule has 0 saturated heterocycles. The van der Waals surface area contributed by atoms with Gasteiger partial charge in [-0.1, -0.05) is 18.2 Å². The molecular formula is C17H23N3O2. The van der Waals surface area contributed by atoms with Gasteiger partial charge in [-0.05, 0) is 43.7 Å². The number of aliphatic hydroxyl groups is 1. The lowest BCUT2D eigenvalue weighted by Gasteiger charge is -2.36. The Bertz CT molecular complexity index is 646. The second kappa shape index (κ2) is 6.40. The molecule has 1 aliphatic rings. The zero-order valence-corrected chi connectivity index (χ0v) is 12.7. The van der Waals surface area contributed by atoms with Gasteiger partial charge < -0.3 is 20.7 Å². The number of aromatic amines is 1. The topological polar surface area (TPSA) is 77.2 Å². The molecule has 0 spiro atoms. The van der Waals surface area contributed by atoms with Crippen molar-refractivity contribution in [2.75, 3.05) is 13.1 Å². The van der Waals surface area contributed by atoms with Crippen LogP contribution in [0, 0.1) is 0 Å². The van der Waals surface area contributed by atoms with E-state index in [-0.39, 0.29) is 6.03 Å². The zero-order chi connectivity index (χ0) is 15.4. The molecule has 1 heterocycles. The Balaban J connectivity index is 1.37. The summed E-state index contributed by atoms with van der Waals surface area (Å²) in [4.78, 5) is 14.9. The van der Waals surface area contributed by atoms with Crippen LogP contribution in [0.25, 0.3) is 10.9 Å². The predicted octanol–water partition coefficient (Wildman–Crippen LogP) is 2.31. The van der Waals surface area contributed by atoms with Gasteiger partial charge in [0.05, 0.1) is 5.60 Å². The Hall–Kier alpha value is -2.01. The van der Waals surface area contributed by atoms with Gasteiger partial charge in [-0.2, -0.15) is 0 Å². The summed E-state index contributed by atoms with van der Waals surface area (Å²) in [6, 6.07) is 8.04. The van der Waals surface area contributed by atoms with Crippen LogP contribution in [-0.2, 0) is 6.42 Å². The number of H-pyrrole nitrogens is 1. The predicted molar refractivity (Wildman–Crippen MR) is 86.8 cm³/mol. The molecule has 0 radical (unpaired) electrons. The molecule has 1 fully saturated rings. The summed E-state index contributed by atoms with van der Waals surface area (Å²) in [7, 11) is 0. The van der Waals surface area contributed by atoms with Crippen molar-refractivity contribution in [3.63, 3.8) is 0 Å². The molecule has 1 aliphatic carbocycles. The van der Waals surface area contributed by atoms with Gasteiger partial charge in [0.2, 0.25) is 0 Å². The Kier molecular flexibility index (Phi) is 4.34. The van der Waals surface area contributed by atoms with Crippen molar-refractivity contribution in [2.45, 2.75) is 37.7 Å². The van der Waals surface area contributed by atoms with Crippen LogP contribution in [0.15, 0.2) is 30.5 Å². The molecule has 3 rings (SSSR count). The SMILES string of the molecule is O=C(NCCCc1c[nH]c2ccccc12)NCC1(O)CCC1. The third-order valence-corrected chi connectivity index (χ3v) is 4.45. The fourth-order valence-electron chi connectivity index (χ4n) is 2.89. The highest BCUT2D eigenvalue weighted by Gasteiger charge is 2.34. The number of amides is 2. The van der Waals surface area contributed by atoms with E-state index in [0.29, 0.717) is 13.1 Å². The molecule has 2 amide bonds. The van der Waals surface area contributed by atoms with Crippen molar-refractivity contribution in [3.05, 3.63) is 36.0 Å². The number of aromatic nitrogens is 1. The van der Waals surface area contributed by atoms with E-state index in [1.807, 2.05) is 18.3 Å². The molecular weight excluding hydrogens is 278 g/mol. The van der Waals surface area contributed by atoms with E-state index in [2.05, 4.69) is 27.8 Å². The van der Waals surface area contributed by atoms with Gasteiger partial charge in [0, 0.05) is 30.2 Å². The third-order valence-electron chi connectivity index (χ3n) is 4.45. The first kappa shape index (κ1) is 14.9. The van der Waals surface area contributed by atoms with Crippen molar-refractivity contribution >= 4 is 16.9 Å². The molecule has 0 bridgehead atoms. The van der Waals surface area contributed by atoms with Crippen molar-refractivity contribution < 1.29 is 9.90 Å². The lowest BCUT2D eigenvalue weighted by atomic mass is 9.80.